The number of amides is 1. The van der Waals surface area contributed by atoms with E-state index in [1.54, 1.807) is 18.2 Å². The molecule has 1 aliphatic rings. The highest BCUT2D eigenvalue weighted by Gasteiger charge is 2.32. The molecule has 0 spiro atoms. The summed E-state index contributed by atoms with van der Waals surface area (Å²) >= 11 is 0. The zero-order chi connectivity index (χ0) is 21.7. The predicted molar refractivity (Wildman–Crippen MR) is 108 cm³/mol. The van der Waals surface area contributed by atoms with Crippen LogP contribution in [0.1, 0.15) is 23.0 Å². The Bertz CT molecular complexity index is 1060. The molecule has 1 aliphatic heterocycles. The van der Waals surface area contributed by atoms with Crippen LogP contribution in [0.25, 0.3) is 0 Å². The molecule has 0 bridgehead atoms. The summed E-state index contributed by atoms with van der Waals surface area (Å²) in [6.45, 7) is 3.03. The highest BCUT2D eigenvalue weighted by Crippen LogP contribution is 2.20. The standard InChI is InChI=1S/C20H22N4O5S/c1-2-14-3-5-15(6-4-14)23-20(26)17(12-21)19(25)18-11-16(13-22-18)30(27,28)24-7-9-29-10-8-24/h3-6,11,13,17,22H,2,7-10H2,1H3,(H,23,26). The number of ether oxygens (including phenoxy) is 1. The number of morpholine rings is 1. The van der Waals surface area contributed by atoms with E-state index < -0.39 is 27.6 Å². The summed E-state index contributed by atoms with van der Waals surface area (Å²) in [7, 11) is -3.80. The van der Waals surface area contributed by atoms with Gasteiger partial charge in [0.25, 0.3) is 0 Å². The highest BCUT2D eigenvalue weighted by atomic mass is 32.2. The maximum absolute atomic E-state index is 12.7. The number of nitrogens with zero attached hydrogens (tertiary/aromatic N) is 2. The number of aromatic amines is 1. The van der Waals surface area contributed by atoms with E-state index >= 15 is 0 Å². The Morgan fingerprint density at radius 3 is 2.53 bits per heavy atom. The van der Waals surface area contributed by atoms with E-state index in [-0.39, 0.29) is 23.7 Å². The van der Waals surface area contributed by atoms with Gasteiger partial charge in [-0.2, -0.15) is 9.57 Å². The molecule has 30 heavy (non-hydrogen) atoms. The van der Waals surface area contributed by atoms with Crippen LogP contribution in [0.5, 0.6) is 0 Å². The number of sulfonamides is 1. The van der Waals surface area contributed by atoms with E-state index in [4.69, 9.17) is 4.74 Å². The molecule has 1 aromatic carbocycles. The van der Waals surface area contributed by atoms with Crippen molar-refractivity contribution in [1.29, 1.82) is 5.26 Å². The number of benzene rings is 1. The summed E-state index contributed by atoms with van der Waals surface area (Å²) in [6, 6.07) is 9.91. The number of carbonyl (C=O) groups excluding carboxylic acids is 2. The summed E-state index contributed by atoms with van der Waals surface area (Å²) in [5.41, 5.74) is 1.43. The molecule has 1 unspecified atom stereocenters. The summed E-state index contributed by atoms with van der Waals surface area (Å²) < 4.78 is 31.8. The lowest BCUT2D eigenvalue weighted by atomic mass is 10.0. The van der Waals surface area contributed by atoms with Crippen LogP contribution in [0.3, 0.4) is 0 Å². The summed E-state index contributed by atoms with van der Waals surface area (Å²) in [5.74, 6) is -3.20. The maximum atomic E-state index is 12.7. The Hall–Kier alpha value is -3.00. The topological polar surface area (TPSA) is 132 Å². The normalized spacial score (nSPS) is 15.9. The first-order valence-corrected chi connectivity index (χ1v) is 10.9. The number of anilines is 1. The Balaban J connectivity index is 1.74. The van der Waals surface area contributed by atoms with E-state index in [2.05, 4.69) is 10.3 Å². The first-order valence-electron chi connectivity index (χ1n) is 9.46. The lowest BCUT2D eigenvalue weighted by molar-refractivity contribution is -0.117. The fourth-order valence-corrected chi connectivity index (χ4v) is 4.43. The minimum Gasteiger partial charge on any atom is -0.379 e. The van der Waals surface area contributed by atoms with Gasteiger partial charge in [0.15, 0.2) is 5.92 Å². The van der Waals surface area contributed by atoms with Gasteiger partial charge in [0.1, 0.15) is 4.90 Å². The van der Waals surface area contributed by atoms with Crippen LogP contribution in [0.4, 0.5) is 5.69 Å². The summed E-state index contributed by atoms with van der Waals surface area (Å²) in [6.07, 6.45) is 2.03. The zero-order valence-electron chi connectivity index (χ0n) is 16.4. The van der Waals surface area contributed by atoms with Crippen molar-refractivity contribution in [2.45, 2.75) is 18.2 Å². The molecule has 0 saturated carbocycles. The average molecular weight is 430 g/mol. The number of hydrogen-bond donors (Lipinski definition) is 2. The van der Waals surface area contributed by atoms with Crippen molar-refractivity contribution in [2.24, 2.45) is 5.92 Å². The molecule has 1 saturated heterocycles. The number of nitriles is 1. The number of aromatic nitrogens is 1. The van der Waals surface area contributed by atoms with Gasteiger partial charge in [0.05, 0.1) is 25.0 Å². The first kappa shape index (κ1) is 21.7. The molecule has 2 N–H and O–H groups in total. The van der Waals surface area contributed by atoms with E-state index in [1.165, 1.54) is 10.5 Å². The molecular formula is C20H22N4O5S. The van der Waals surface area contributed by atoms with Crippen LogP contribution in [0, 0.1) is 17.2 Å². The molecule has 0 radical (unpaired) electrons. The molecule has 2 aromatic rings. The van der Waals surface area contributed by atoms with Gasteiger partial charge in [0, 0.05) is 25.0 Å². The van der Waals surface area contributed by atoms with Gasteiger partial charge in [-0.05, 0) is 30.2 Å². The Labute approximate surface area is 174 Å². The third-order valence-electron chi connectivity index (χ3n) is 4.81. The third-order valence-corrected chi connectivity index (χ3v) is 6.69. The molecule has 3 rings (SSSR count). The minimum absolute atomic E-state index is 0.0972. The van der Waals surface area contributed by atoms with Crippen molar-refractivity contribution in [3.8, 4) is 6.07 Å². The lowest BCUT2D eigenvalue weighted by Gasteiger charge is -2.25. The smallest absolute Gasteiger partial charge is 0.249 e. The van der Waals surface area contributed by atoms with E-state index in [0.717, 1.165) is 18.1 Å². The molecule has 1 fully saturated rings. The summed E-state index contributed by atoms with van der Waals surface area (Å²) in [5, 5.41) is 11.9. The van der Waals surface area contributed by atoms with E-state index in [1.807, 2.05) is 19.1 Å². The third kappa shape index (κ3) is 4.59. The summed E-state index contributed by atoms with van der Waals surface area (Å²) in [4.78, 5) is 27.6. The lowest BCUT2D eigenvalue weighted by Crippen LogP contribution is -2.40. The Morgan fingerprint density at radius 2 is 1.93 bits per heavy atom. The number of rotatable bonds is 7. The molecule has 1 aromatic heterocycles. The quantitative estimate of drug-likeness (QED) is 0.506. The molecular weight excluding hydrogens is 408 g/mol. The van der Waals surface area contributed by atoms with E-state index in [0.29, 0.717) is 18.9 Å². The van der Waals surface area contributed by atoms with Gasteiger partial charge < -0.3 is 15.0 Å². The Kier molecular flexibility index (Phi) is 6.66. The van der Waals surface area contributed by atoms with Gasteiger partial charge in [-0.3, -0.25) is 9.59 Å². The number of aryl methyl sites for hydroxylation is 1. The van der Waals surface area contributed by atoms with E-state index in [9.17, 15) is 23.3 Å². The van der Waals surface area contributed by atoms with Crippen molar-refractivity contribution >= 4 is 27.4 Å². The molecule has 1 atom stereocenters. The minimum atomic E-state index is -3.80. The second kappa shape index (κ2) is 9.21. The van der Waals surface area contributed by atoms with Gasteiger partial charge in [0.2, 0.25) is 21.7 Å². The largest absolute Gasteiger partial charge is 0.379 e. The van der Waals surface area contributed by atoms with Crippen molar-refractivity contribution < 1.29 is 22.7 Å². The van der Waals surface area contributed by atoms with Crippen molar-refractivity contribution in [2.75, 3.05) is 31.6 Å². The van der Waals surface area contributed by atoms with Crippen LogP contribution < -0.4 is 5.32 Å². The molecule has 0 aliphatic carbocycles. The van der Waals surface area contributed by atoms with Gasteiger partial charge >= 0.3 is 0 Å². The Morgan fingerprint density at radius 1 is 1.27 bits per heavy atom. The molecule has 1 amide bonds. The van der Waals surface area contributed by atoms with Crippen LogP contribution in [-0.4, -0.2) is 55.7 Å². The average Bonchev–Trinajstić information content (AvgIpc) is 3.26. The van der Waals surface area contributed by atoms with Crippen molar-refractivity contribution in [3.05, 3.63) is 47.8 Å². The number of hydrogen-bond acceptors (Lipinski definition) is 6. The van der Waals surface area contributed by atoms with Crippen LogP contribution in [-0.2, 0) is 26.0 Å². The van der Waals surface area contributed by atoms with Crippen LogP contribution in [0.15, 0.2) is 41.4 Å². The number of Topliss-reactive ketones (excluding diaryl/α,β-unsaturated/α-hetero) is 1. The molecule has 2 heterocycles. The van der Waals surface area contributed by atoms with Crippen LogP contribution in [0.2, 0.25) is 0 Å². The second-order valence-corrected chi connectivity index (χ2v) is 8.67. The fraction of sp³-hybridized carbons (Fsp3) is 0.350. The van der Waals surface area contributed by atoms with Gasteiger partial charge in [-0.1, -0.05) is 19.1 Å². The number of H-pyrrole nitrogens is 1. The number of nitrogens with one attached hydrogen (secondary N) is 2. The molecule has 158 valence electrons. The van der Waals surface area contributed by atoms with Gasteiger partial charge in [-0.15, -0.1) is 0 Å². The monoisotopic (exact) mass is 430 g/mol. The van der Waals surface area contributed by atoms with Crippen molar-refractivity contribution in [3.63, 3.8) is 0 Å². The maximum Gasteiger partial charge on any atom is 0.249 e. The first-order chi connectivity index (χ1) is 14.4. The van der Waals surface area contributed by atoms with Crippen molar-refractivity contribution in [1.82, 2.24) is 9.29 Å². The van der Waals surface area contributed by atoms with Gasteiger partial charge in [-0.25, -0.2) is 8.42 Å². The fourth-order valence-electron chi connectivity index (χ4n) is 3.03. The second-order valence-electron chi connectivity index (χ2n) is 6.73. The highest BCUT2D eigenvalue weighted by molar-refractivity contribution is 7.89. The predicted octanol–water partition coefficient (Wildman–Crippen LogP) is 1.56. The zero-order valence-corrected chi connectivity index (χ0v) is 17.2. The molecule has 9 nitrogen and oxygen atoms in total. The number of ketones is 1. The SMILES string of the molecule is CCc1ccc(NC(=O)C(C#N)C(=O)c2cc(S(=O)(=O)N3CCOCC3)c[nH]2)cc1. The molecule has 10 heteroatoms. The van der Waals surface area contributed by atoms with Crippen LogP contribution >= 0.6 is 0 Å². The number of carbonyl (C=O) groups is 2.